The van der Waals surface area contributed by atoms with E-state index in [1.54, 1.807) is 7.11 Å². The molecule has 0 radical (unpaired) electrons. The molecule has 3 heterocycles. The van der Waals surface area contributed by atoms with Gasteiger partial charge in [-0.15, -0.1) is 0 Å². The summed E-state index contributed by atoms with van der Waals surface area (Å²) in [7, 11) is 3.49. The van der Waals surface area contributed by atoms with E-state index in [9.17, 15) is 4.79 Å². The summed E-state index contributed by atoms with van der Waals surface area (Å²) in [5.41, 5.74) is 11.5. The summed E-state index contributed by atoms with van der Waals surface area (Å²) in [6.07, 6.45) is 13.5. The summed E-state index contributed by atoms with van der Waals surface area (Å²) in [5, 5.41) is 9.62. The van der Waals surface area contributed by atoms with Crippen molar-refractivity contribution in [1.82, 2.24) is 16.0 Å². The molecule has 1 unspecified atom stereocenters. The first kappa shape index (κ1) is 49.4. The predicted molar refractivity (Wildman–Crippen MR) is 202 cm³/mol. The van der Waals surface area contributed by atoms with Crippen LogP contribution in [-0.2, 0) is 24.6 Å². The van der Waals surface area contributed by atoms with E-state index in [-0.39, 0.29) is 17.4 Å². The van der Waals surface area contributed by atoms with Crippen molar-refractivity contribution >= 4 is 5.91 Å². The van der Waals surface area contributed by atoms with Crippen LogP contribution in [0.4, 0.5) is 0 Å². The molecular weight excluding hydrogens is 590 g/mol. The normalized spacial score (nSPS) is 19.1. The number of ether oxygens (including phenoxy) is 3. The van der Waals surface area contributed by atoms with Gasteiger partial charge in [0.2, 0.25) is 5.91 Å². The molecular formula is C38H77N5O4. The van der Waals surface area contributed by atoms with Gasteiger partial charge in [-0.2, -0.15) is 0 Å². The van der Waals surface area contributed by atoms with Crippen molar-refractivity contribution in [3.63, 3.8) is 0 Å². The third kappa shape index (κ3) is 24.7. The predicted octanol–water partition coefficient (Wildman–Crippen LogP) is 6.86. The van der Waals surface area contributed by atoms with E-state index >= 15 is 0 Å². The maximum absolute atomic E-state index is 10.5. The van der Waals surface area contributed by atoms with Crippen LogP contribution in [0.2, 0.25) is 0 Å². The van der Waals surface area contributed by atoms with E-state index < -0.39 is 5.79 Å². The fourth-order valence-electron chi connectivity index (χ4n) is 4.69. The number of carbonyl (C=O) groups excluding carboxylic acids is 1. The van der Waals surface area contributed by atoms with Gasteiger partial charge in [-0.25, -0.2) is 0 Å². The monoisotopic (exact) mass is 668 g/mol. The first-order chi connectivity index (χ1) is 22.7. The van der Waals surface area contributed by atoms with Gasteiger partial charge >= 0.3 is 0 Å². The Morgan fingerprint density at radius 3 is 1.70 bits per heavy atom. The molecule has 1 aromatic carbocycles. The van der Waals surface area contributed by atoms with Gasteiger partial charge < -0.3 is 41.6 Å². The van der Waals surface area contributed by atoms with E-state index in [2.05, 4.69) is 74.8 Å². The molecule has 0 aliphatic carbocycles. The molecule has 47 heavy (non-hydrogen) atoms. The topological polar surface area (TPSA) is 133 Å². The Labute approximate surface area is 290 Å². The number of hydrogen-bond acceptors (Lipinski definition) is 8. The van der Waals surface area contributed by atoms with Crippen LogP contribution in [0.3, 0.4) is 0 Å². The van der Waals surface area contributed by atoms with Crippen molar-refractivity contribution in [1.29, 1.82) is 0 Å². The van der Waals surface area contributed by atoms with E-state index in [1.165, 1.54) is 31.2 Å². The summed E-state index contributed by atoms with van der Waals surface area (Å²) < 4.78 is 16.5. The third-order valence-electron chi connectivity index (χ3n) is 7.21. The zero-order chi connectivity index (χ0) is 36.2. The highest BCUT2D eigenvalue weighted by Gasteiger charge is 2.33. The lowest BCUT2D eigenvalue weighted by atomic mass is 9.85. The molecule has 0 spiro atoms. The Bertz CT molecular complexity index is 797. The van der Waals surface area contributed by atoms with Crippen molar-refractivity contribution < 1.29 is 19.0 Å². The van der Waals surface area contributed by atoms with Gasteiger partial charge in [-0.05, 0) is 89.6 Å². The highest BCUT2D eigenvalue weighted by Crippen LogP contribution is 2.33. The molecule has 0 saturated carbocycles. The van der Waals surface area contributed by atoms with Crippen LogP contribution < -0.4 is 27.4 Å². The molecule has 278 valence electrons. The molecule has 1 amide bonds. The maximum atomic E-state index is 10.5. The van der Waals surface area contributed by atoms with Gasteiger partial charge in [-0.3, -0.25) is 4.79 Å². The number of methoxy groups -OCH3 is 2. The summed E-state index contributed by atoms with van der Waals surface area (Å²) >= 11 is 0. The summed E-state index contributed by atoms with van der Waals surface area (Å²) in [6, 6.07) is 10.5. The van der Waals surface area contributed by atoms with Crippen molar-refractivity contribution in [3.8, 4) is 0 Å². The molecule has 2 fully saturated rings. The van der Waals surface area contributed by atoms with E-state index in [1.807, 2.05) is 46.2 Å². The summed E-state index contributed by atoms with van der Waals surface area (Å²) in [4.78, 5) is 10.5. The lowest BCUT2D eigenvalue weighted by molar-refractivity contribution is -0.190. The highest BCUT2D eigenvalue weighted by molar-refractivity contribution is 5.76. The second-order valence-corrected chi connectivity index (χ2v) is 11.3. The highest BCUT2D eigenvalue weighted by atomic mass is 16.7. The Hall–Kier alpha value is -2.01. The number of benzene rings is 1. The summed E-state index contributed by atoms with van der Waals surface area (Å²) in [6.45, 7) is 23.0. The SMILES string of the molecule is CC.CCC.CCC.CCCCN.CCOC1(OC)C=CNCC1.COC1(c2ccccc2)CCNCC1.NC(=O)C1CCNCC1. The zero-order valence-corrected chi connectivity index (χ0v) is 32.2. The number of rotatable bonds is 8. The van der Waals surface area contributed by atoms with Gasteiger partial charge in [0.05, 0.1) is 5.60 Å². The molecule has 3 aliphatic rings. The van der Waals surface area contributed by atoms with Crippen LogP contribution in [0.5, 0.6) is 0 Å². The number of amides is 1. The average Bonchev–Trinajstić information content (AvgIpc) is 3.12. The first-order valence-electron chi connectivity index (χ1n) is 18.4. The molecule has 0 aromatic heterocycles. The number of unbranched alkanes of at least 4 members (excludes halogenated alkanes) is 1. The third-order valence-corrected chi connectivity index (χ3v) is 7.21. The molecule has 1 atom stereocenters. The number of nitrogens with one attached hydrogen (secondary N) is 3. The average molecular weight is 668 g/mol. The number of nitrogens with two attached hydrogens (primary N) is 2. The molecule has 0 bridgehead atoms. The minimum Gasteiger partial charge on any atom is -0.391 e. The van der Waals surface area contributed by atoms with Crippen molar-refractivity contribution in [2.75, 3.05) is 60.1 Å². The molecule has 4 rings (SSSR count). The van der Waals surface area contributed by atoms with Crippen LogP contribution >= 0.6 is 0 Å². The van der Waals surface area contributed by atoms with Crippen LogP contribution in [0.15, 0.2) is 42.6 Å². The number of hydrogen-bond donors (Lipinski definition) is 5. The maximum Gasteiger partial charge on any atom is 0.220 e. The molecule has 9 nitrogen and oxygen atoms in total. The van der Waals surface area contributed by atoms with Gasteiger partial charge in [0, 0.05) is 39.7 Å². The fourth-order valence-corrected chi connectivity index (χ4v) is 4.69. The van der Waals surface area contributed by atoms with Crippen LogP contribution in [0, 0.1) is 5.92 Å². The second kappa shape index (κ2) is 35.3. The van der Waals surface area contributed by atoms with Crippen LogP contribution in [-0.4, -0.2) is 71.8 Å². The quantitative estimate of drug-likeness (QED) is 0.190. The minimum absolute atomic E-state index is 0.0491. The lowest BCUT2D eigenvalue weighted by Crippen LogP contribution is -2.41. The largest absolute Gasteiger partial charge is 0.391 e. The van der Waals surface area contributed by atoms with Gasteiger partial charge in [-0.1, -0.05) is 98.1 Å². The van der Waals surface area contributed by atoms with E-state index in [0.29, 0.717) is 6.61 Å². The number of primary amides is 1. The Morgan fingerprint density at radius 1 is 0.830 bits per heavy atom. The van der Waals surface area contributed by atoms with Gasteiger partial charge in [0.15, 0.2) is 5.79 Å². The smallest absolute Gasteiger partial charge is 0.220 e. The molecule has 9 heteroatoms. The minimum atomic E-state index is -0.472. The van der Waals surface area contributed by atoms with Gasteiger partial charge in [0.25, 0.3) is 0 Å². The molecule has 7 N–H and O–H groups in total. The number of carbonyl (C=O) groups is 1. The van der Waals surface area contributed by atoms with Crippen LogP contribution in [0.25, 0.3) is 0 Å². The van der Waals surface area contributed by atoms with Crippen molar-refractivity contribution in [2.45, 2.75) is 125 Å². The standard InChI is InChI=1S/C12H17NO.C8H15NO2.C6H12N2O.C4H11N.2C3H8.C2H6/c1-14-12(7-9-13-10-8-12)11-5-3-2-4-6-11;1-3-11-8(10-2)4-6-9-7-5-8;7-6(9)5-1-3-8-4-2-5;1-2-3-4-5;2*1-3-2;1-2/h2-6,13H,7-10H2,1H3;4,6,9H,3,5,7H2,1-2H3;5,8H,1-4H2,(H2,7,9);2-5H2,1H3;2*3H2,1-2H3;1-2H3. The fraction of sp³-hybridized carbons (Fsp3) is 0.763. The van der Waals surface area contributed by atoms with E-state index in [0.717, 1.165) is 71.4 Å². The zero-order valence-electron chi connectivity index (χ0n) is 32.2. The van der Waals surface area contributed by atoms with Crippen molar-refractivity contribution in [2.24, 2.45) is 17.4 Å². The Kier molecular flexibility index (Phi) is 37.1. The lowest BCUT2D eigenvalue weighted by Gasteiger charge is -2.36. The Balaban J connectivity index is -0.000000530. The Morgan fingerprint density at radius 2 is 1.36 bits per heavy atom. The first-order valence-corrected chi connectivity index (χ1v) is 18.4. The van der Waals surface area contributed by atoms with E-state index in [4.69, 9.17) is 25.7 Å². The summed E-state index contributed by atoms with van der Waals surface area (Å²) in [5.74, 6) is -0.484. The second-order valence-electron chi connectivity index (χ2n) is 11.3. The molecule has 1 aromatic rings. The molecule has 3 aliphatic heterocycles. The van der Waals surface area contributed by atoms with Gasteiger partial charge in [0.1, 0.15) is 0 Å². The van der Waals surface area contributed by atoms with Crippen LogP contribution in [0.1, 0.15) is 119 Å². The van der Waals surface area contributed by atoms with Crippen molar-refractivity contribution in [3.05, 3.63) is 48.2 Å². The number of piperidine rings is 2. The molecule has 2 saturated heterocycles.